The van der Waals surface area contributed by atoms with Crippen molar-refractivity contribution in [1.82, 2.24) is 4.98 Å². The highest BCUT2D eigenvalue weighted by molar-refractivity contribution is 5.69. The summed E-state index contributed by atoms with van der Waals surface area (Å²) < 4.78 is 18.2. The molecule has 1 heterocycles. The molecule has 0 fully saturated rings. The molecule has 88 valence electrons. The Morgan fingerprint density at radius 2 is 2.06 bits per heavy atom. The maximum Gasteiger partial charge on any atom is 0.131 e. The first-order valence-electron chi connectivity index (χ1n) is 5.18. The maximum absolute atomic E-state index is 13.1. The predicted octanol–water partition coefficient (Wildman–Crippen LogP) is 2.79. The van der Waals surface area contributed by atoms with E-state index in [-0.39, 0.29) is 5.82 Å². The van der Waals surface area contributed by atoms with E-state index in [0.717, 1.165) is 11.1 Å². The van der Waals surface area contributed by atoms with Crippen LogP contribution >= 0.6 is 0 Å². The Bertz CT molecular complexity index is 555. The van der Waals surface area contributed by atoms with Crippen LogP contribution in [-0.2, 0) is 0 Å². The summed E-state index contributed by atoms with van der Waals surface area (Å²) >= 11 is 0. The number of nitrogens with two attached hydrogens (primary N) is 1. The van der Waals surface area contributed by atoms with E-state index in [1.165, 1.54) is 19.2 Å². The lowest BCUT2D eigenvalue weighted by atomic mass is 10.1. The van der Waals surface area contributed by atoms with Gasteiger partial charge in [-0.05, 0) is 30.7 Å². The molecule has 3 nitrogen and oxygen atoms in total. The van der Waals surface area contributed by atoms with Crippen molar-refractivity contribution in [2.75, 3.05) is 12.8 Å². The molecule has 0 unspecified atom stereocenters. The summed E-state index contributed by atoms with van der Waals surface area (Å²) in [7, 11) is 1.50. The Balaban J connectivity index is 2.55. The number of aromatic nitrogens is 1. The summed E-state index contributed by atoms with van der Waals surface area (Å²) in [4.78, 5) is 4.22. The lowest BCUT2D eigenvalue weighted by Crippen LogP contribution is -1.95. The van der Waals surface area contributed by atoms with Crippen LogP contribution in [0.3, 0.4) is 0 Å². The van der Waals surface area contributed by atoms with Gasteiger partial charge in [-0.15, -0.1) is 0 Å². The van der Waals surface area contributed by atoms with Gasteiger partial charge in [0.2, 0.25) is 0 Å². The van der Waals surface area contributed by atoms with Crippen molar-refractivity contribution in [2.24, 2.45) is 0 Å². The number of anilines is 1. The molecular formula is C13H13FN2O. The van der Waals surface area contributed by atoms with Crippen LogP contribution < -0.4 is 10.5 Å². The normalized spacial score (nSPS) is 10.3. The third-order valence-electron chi connectivity index (χ3n) is 2.59. The largest absolute Gasteiger partial charge is 0.496 e. The third-order valence-corrected chi connectivity index (χ3v) is 2.59. The van der Waals surface area contributed by atoms with E-state index in [2.05, 4.69) is 4.98 Å². The van der Waals surface area contributed by atoms with Gasteiger partial charge in [0.1, 0.15) is 11.6 Å². The fourth-order valence-corrected chi connectivity index (χ4v) is 1.59. The molecule has 0 aliphatic rings. The average molecular weight is 232 g/mol. The van der Waals surface area contributed by atoms with E-state index in [0.29, 0.717) is 17.1 Å². The number of halogens is 1. The highest BCUT2D eigenvalue weighted by atomic mass is 19.1. The monoisotopic (exact) mass is 232 g/mol. The first-order chi connectivity index (χ1) is 8.11. The Labute approximate surface area is 99.1 Å². The molecule has 0 spiro atoms. The van der Waals surface area contributed by atoms with Gasteiger partial charge in [-0.2, -0.15) is 0 Å². The smallest absolute Gasteiger partial charge is 0.131 e. The topological polar surface area (TPSA) is 48.1 Å². The van der Waals surface area contributed by atoms with Gasteiger partial charge in [-0.1, -0.05) is 0 Å². The first-order valence-corrected chi connectivity index (χ1v) is 5.18. The third kappa shape index (κ3) is 2.20. The molecule has 1 aromatic carbocycles. The number of nitrogen functional groups attached to an aromatic ring is 1. The lowest BCUT2D eigenvalue weighted by Gasteiger charge is -2.09. The fraction of sp³-hybridized carbons (Fsp3) is 0.154. The van der Waals surface area contributed by atoms with Crippen molar-refractivity contribution in [1.29, 1.82) is 0 Å². The van der Waals surface area contributed by atoms with Crippen molar-refractivity contribution in [3.8, 4) is 17.0 Å². The van der Waals surface area contributed by atoms with E-state index in [9.17, 15) is 4.39 Å². The van der Waals surface area contributed by atoms with Crippen LogP contribution in [-0.4, -0.2) is 12.1 Å². The molecular weight excluding hydrogens is 219 g/mol. The van der Waals surface area contributed by atoms with Gasteiger partial charge in [0.15, 0.2) is 0 Å². The molecule has 1 aromatic heterocycles. The van der Waals surface area contributed by atoms with Crippen molar-refractivity contribution < 1.29 is 9.13 Å². The molecule has 0 saturated heterocycles. The summed E-state index contributed by atoms with van der Waals surface area (Å²) in [6.07, 6.45) is 1.59. The Morgan fingerprint density at radius 1 is 1.29 bits per heavy atom. The summed E-state index contributed by atoms with van der Waals surface area (Å²) in [6.45, 7) is 1.90. The van der Waals surface area contributed by atoms with Crippen LogP contribution in [0.2, 0.25) is 0 Å². The molecule has 4 heteroatoms. The van der Waals surface area contributed by atoms with Gasteiger partial charge in [0, 0.05) is 11.6 Å². The Hall–Kier alpha value is -2.10. The van der Waals surface area contributed by atoms with Crippen LogP contribution in [0.25, 0.3) is 11.3 Å². The van der Waals surface area contributed by atoms with Gasteiger partial charge in [0.05, 0.1) is 24.7 Å². The fourth-order valence-electron chi connectivity index (χ4n) is 1.59. The number of methoxy groups -OCH3 is 1. The zero-order valence-electron chi connectivity index (χ0n) is 9.70. The number of hydrogen-bond acceptors (Lipinski definition) is 3. The first kappa shape index (κ1) is 11.4. The minimum Gasteiger partial charge on any atom is -0.496 e. The number of ether oxygens (including phenoxy) is 1. The quantitative estimate of drug-likeness (QED) is 0.866. The molecule has 0 saturated carbocycles. The molecule has 0 atom stereocenters. The average Bonchev–Trinajstić information content (AvgIpc) is 2.32. The molecule has 2 N–H and O–H groups in total. The molecule has 2 rings (SSSR count). The molecule has 17 heavy (non-hydrogen) atoms. The van der Waals surface area contributed by atoms with E-state index in [1.807, 2.05) is 13.0 Å². The van der Waals surface area contributed by atoms with E-state index in [4.69, 9.17) is 10.5 Å². The standard InChI is InChI=1S/C13H13FN2O/c1-8-5-12(16-7-11(8)15)10-4-3-9(14)6-13(10)17-2/h3-7H,15H2,1-2H3. The van der Waals surface area contributed by atoms with Crippen molar-refractivity contribution >= 4 is 5.69 Å². The molecule has 2 aromatic rings. The summed E-state index contributed by atoms with van der Waals surface area (Å²) in [5.74, 6) is 0.124. The van der Waals surface area contributed by atoms with Gasteiger partial charge >= 0.3 is 0 Å². The highest BCUT2D eigenvalue weighted by Gasteiger charge is 2.09. The molecule has 0 aliphatic heterocycles. The second-order valence-corrected chi connectivity index (χ2v) is 3.77. The second kappa shape index (κ2) is 4.41. The summed E-state index contributed by atoms with van der Waals surface area (Å²) in [5, 5.41) is 0. The number of pyridine rings is 1. The zero-order valence-corrected chi connectivity index (χ0v) is 9.70. The van der Waals surface area contributed by atoms with Crippen LogP contribution in [0.1, 0.15) is 5.56 Å². The van der Waals surface area contributed by atoms with Crippen LogP contribution in [0, 0.1) is 12.7 Å². The van der Waals surface area contributed by atoms with Crippen LogP contribution in [0.15, 0.2) is 30.5 Å². The van der Waals surface area contributed by atoms with Crippen molar-refractivity contribution in [3.63, 3.8) is 0 Å². The Kier molecular flexibility index (Phi) is 2.95. The zero-order chi connectivity index (χ0) is 12.4. The van der Waals surface area contributed by atoms with Gasteiger partial charge in [0.25, 0.3) is 0 Å². The van der Waals surface area contributed by atoms with Crippen molar-refractivity contribution in [2.45, 2.75) is 6.92 Å². The van der Waals surface area contributed by atoms with E-state index >= 15 is 0 Å². The minimum atomic E-state index is -0.335. The van der Waals surface area contributed by atoms with Gasteiger partial charge in [-0.25, -0.2) is 4.39 Å². The maximum atomic E-state index is 13.1. The predicted molar refractivity (Wildman–Crippen MR) is 65.3 cm³/mol. The lowest BCUT2D eigenvalue weighted by molar-refractivity contribution is 0.413. The molecule has 0 bridgehead atoms. The molecule has 0 aliphatic carbocycles. The SMILES string of the molecule is COc1cc(F)ccc1-c1cc(C)c(N)cn1. The van der Waals surface area contributed by atoms with Crippen molar-refractivity contribution in [3.05, 3.63) is 41.8 Å². The van der Waals surface area contributed by atoms with E-state index in [1.54, 1.807) is 12.3 Å². The Morgan fingerprint density at radius 3 is 2.71 bits per heavy atom. The van der Waals surface area contributed by atoms with Gasteiger partial charge < -0.3 is 10.5 Å². The summed E-state index contributed by atoms with van der Waals surface area (Å²) in [5.41, 5.74) is 8.74. The number of hydrogen-bond donors (Lipinski definition) is 1. The van der Waals surface area contributed by atoms with E-state index < -0.39 is 0 Å². The molecule has 0 amide bonds. The van der Waals surface area contributed by atoms with Crippen LogP contribution in [0.5, 0.6) is 5.75 Å². The number of benzene rings is 1. The second-order valence-electron chi connectivity index (χ2n) is 3.77. The number of aryl methyl sites for hydroxylation is 1. The summed E-state index contributed by atoms with van der Waals surface area (Å²) in [6, 6.07) is 6.21. The number of nitrogens with zero attached hydrogens (tertiary/aromatic N) is 1. The van der Waals surface area contributed by atoms with Crippen LogP contribution in [0.4, 0.5) is 10.1 Å². The minimum absolute atomic E-state index is 0.335. The highest BCUT2D eigenvalue weighted by Crippen LogP contribution is 2.30. The molecule has 0 radical (unpaired) electrons. The number of rotatable bonds is 2. The van der Waals surface area contributed by atoms with Gasteiger partial charge in [-0.3, -0.25) is 4.98 Å².